The van der Waals surface area contributed by atoms with Crippen molar-refractivity contribution in [3.05, 3.63) is 65.9 Å². The molecule has 7 nitrogen and oxygen atoms in total. The van der Waals surface area contributed by atoms with Crippen LogP contribution in [0.2, 0.25) is 0 Å². The first-order chi connectivity index (χ1) is 11.6. The van der Waals surface area contributed by atoms with Crippen LogP contribution in [0.1, 0.15) is 11.3 Å². The van der Waals surface area contributed by atoms with Crippen molar-refractivity contribution in [2.45, 2.75) is 6.54 Å². The topological polar surface area (TPSA) is 125 Å². The number of aromatic hydroxyl groups is 2. The van der Waals surface area contributed by atoms with E-state index in [-0.39, 0.29) is 11.5 Å². The standard InChI is InChI=1S/C10H10N2O2.C7H7NO2/c11-6-9-5-10(12-14-9)7-1-3-8(13)4-2-7;9-7-3-1-6(2-4-7)5-8-10/h1-5,13H,6,11H2;1-5,9-10H. The quantitative estimate of drug-likeness (QED) is 0.333. The smallest absolute Gasteiger partial charge is 0.150 e. The summed E-state index contributed by atoms with van der Waals surface area (Å²) >= 11 is 0. The summed E-state index contributed by atoms with van der Waals surface area (Å²) in [6.07, 6.45) is 1.29. The first-order valence-electron chi connectivity index (χ1n) is 7.04. The Morgan fingerprint density at radius 3 is 2.08 bits per heavy atom. The highest BCUT2D eigenvalue weighted by molar-refractivity contribution is 5.79. The lowest BCUT2D eigenvalue weighted by atomic mass is 10.1. The predicted molar refractivity (Wildman–Crippen MR) is 89.0 cm³/mol. The summed E-state index contributed by atoms with van der Waals surface area (Å²) in [5.74, 6) is 1.08. The van der Waals surface area contributed by atoms with Crippen LogP contribution in [0.5, 0.6) is 11.5 Å². The van der Waals surface area contributed by atoms with Gasteiger partial charge < -0.3 is 25.7 Å². The van der Waals surface area contributed by atoms with Crippen molar-refractivity contribution >= 4 is 6.21 Å². The number of nitrogens with two attached hydrogens (primary N) is 1. The summed E-state index contributed by atoms with van der Waals surface area (Å²) in [6.45, 7) is 0.338. The summed E-state index contributed by atoms with van der Waals surface area (Å²) in [6, 6.07) is 14.9. The van der Waals surface area contributed by atoms with E-state index in [0.29, 0.717) is 12.3 Å². The van der Waals surface area contributed by atoms with Crippen molar-refractivity contribution in [2.24, 2.45) is 10.9 Å². The minimum Gasteiger partial charge on any atom is -0.508 e. The SMILES string of the molecule is NCc1cc(-c2ccc(O)cc2)no1.ON=Cc1ccc(O)cc1. The molecule has 0 aliphatic rings. The van der Waals surface area contributed by atoms with E-state index in [1.165, 1.54) is 18.3 Å². The molecule has 0 spiro atoms. The number of phenols is 2. The first-order valence-corrected chi connectivity index (χ1v) is 7.04. The molecule has 0 radical (unpaired) electrons. The summed E-state index contributed by atoms with van der Waals surface area (Å²) < 4.78 is 4.96. The van der Waals surface area contributed by atoms with Crippen LogP contribution in [0, 0.1) is 0 Å². The molecular formula is C17H17N3O4. The molecule has 0 bridgehead atoms. The van der Waals surface area contributed by atoms with E-state index in [1.54, 1.807) is 42.5 Å². The number of hydrogen-bond acceptors (Lipinski definition) is 7. The van der Waals surface area contributed by atoms with Gasteiger partial charge in [0.2, 0.25) is 0 Å². The van der Waals surface area contributed by atoms with Gasteiger partial charge in [0, 0.05) is 11.6 Å². The number of phenolic OH excluding ortho intramolecular Hbond substituents is 2. The summed E-state index contributed by atoms with van der Waals surface area (Å²) in [4.78, 5) is 0. The van der Waals surface area contributed by atoms with Crippen LogP contribution in [0.3, 0.4) is 0 Å². The third kappa shape index (κ3) is 4.85. The van der Waals surface area contributed by atoms with Gasteiger partial charge in [0.05, 0.1) is 12.8 Å². The molecule has 0 amide bonds. The second-order valence-electron chi connectivity index (χ2n) is 4.77. The number of aromatic nitrogens is 1. The highest BCUT2D eigenvalue weighted by atomic mass is 16.5. The lowest BCUT2D eigenvalue weighted by molar-refractivity contribution is 0.322. The largest absolute Gasteiger partial charge is 0.508 e. The van der Waals surface area contributed by atoms with E-state index in [2.05, 4.69) is 10.3 Å². The van der Waals surface area contributed by atoms with Gasteiger partial charge in [0.25, 0.3) is 0 Å². The monoisotopic (exact) mass is 327 g/mol. The Labute approximate surface area is 138 Å². The fourth-order valence-electron chi connectivity index (χ4n) is 1.80. The molecule has 7 heteroatoms. The van der Waals surface area contributed by atoms with Crippen molar-refractivity contribution in [1.82, 2.24) is 5.16 Å². The molecule has 3 rings (SSSR count). The molecule has 0 saturated heterocycles. The van der Waals surface area contributed by atoms with E-state index >= 15 is 0 Å². The molecule has 0 saturated carbocycles. The fraction of sp³-hybridized carbons (Fsp3) is 0.0588. The Bertz CT molecular complexity index is 780. The highest BCUT2D eigenvalue weighted by Crippen LogP contribution is 2.21. The summed E-state index contributed by atoms with van der Waals surface area (Å²) in [7, 11) is 0. The van der Waals surface area contributed by atoms with E-state index in [0.717, 1.165) is 16.8 Å². The third-order valence-corrected chi connectivity index (χ3v) is 3.02. The van der Waals surface area contributed by atoms with Crippen molar-refractivity contribution in [3.63, 3.8) is 0 Å². The molecule has 0 unspecified atom stereocenters. The maximum absolute atomic E-state index is 9.09. The highest BCUT2D eigenvalue weighted by Gasteiger charge is 2.04. The Hall–Kier alpha value is -3.32. The van der Waals surface area contributed by atoms with Crippen LogP contribution in [0.4, 0.5) is 0 Å². The van der Waals surface area contributed by atoms with Crippen LogP contribution in [0.15, 0.2) is 64.3 Å². The van der Waals surface area contributed by atoms with E-state index in [9.17, 15) is 0 Å². The first kappa shape index (κ1) is 17.0. The Balaban J connectivity index is 0.000000185. The minimum absolute atomic E-state index is 0.204. The normalized spacial score (nSPS) is 10.4. The van der Waals surface area contributed by atoms with E-state index in [1.807, 2.05) is 0 Å². The van der Waals surface area contributed by atoms with Gasteiger partial charge in [-0.3, -0.25) is 0 Å². The number of hydrogen-bond donors (Lipinski definition) is 4. The lowest BCUT2D eigenvalue weighted by Gasteiger charge is -1.94. The molecule has 1 aromatic heterocycles. The van der Waals surface area contributed by atoms with Crippen LogP contribution in [0.25, 0.3) is 11.3 Å². The number of benzene rings is 2. The molecule has 1 heterocycles. The zero-order valence-corrected chi connectivity index (χ0v) is 12.7. The molecule has 5 N–H and O–H groups in total. The molecule has 0 aliphatic carbocycles. The Morgan fingerprint density at radius 2 is 1.58 bits per heavy atom. The van der Waals surface area contributed by atoms with Gasteiger partial charge >= 0.3 is 0 Å². The third-order valence-electron chi connectivity index (χ3n) is 3.02. The maximum Gasteiger partial charge on any atom is 0.150 e. The lowest BCUT2D eigenvalue weighted by Crippen LogP contribution is -1.92. The van der Waals surface area contributed by atoms with E-state index in [4.69, 9.17) is 25.7 Å². The van der Waals surface area contributed by atoms with Crippen LogP contribution in [-0.2, 0) is 6.54 Å². The van der Waals surface area contributed by atoms with Crippen molar-refractivity contribution in [2.75, 3.05) is 0 Å². The minimum atomic E-state index is 0.204. The Kier molecular flexibility index (Phi) is 5.93. The number of rotatable bonds is 3. The van der Waals surface area contributed by atoms with Crippen molar-refractivity contribution < 1.29 is 19.9 Å². The van der Waals surface area contributed by atoms with Crippen LogP contribution >= 0.6 is 0 Å². The van der Waals surface area contributed by atoms with Gasteiger partial charge in [-0.1, -0.05) is 10.3 Å². The molecule has 2 aromatic carbocycles. The molecule has 3 aromatic rings. The fourth-order valence-corrected chi connectivity index (χ4v) is 1.80. The molecule has 24 heavy (non-hydrogen) atoms. The molecule has 0 atom stereocenters. The average Bonchev–Trinajstić information content (AvgIpc) is 3.08. The Morgan fingerprint density at radius 1 is 1.00 bits per heavy atom. The zero-order valence-electron chi connectivity index (χ0n) is 12.7. The molecule has 0 aliphatic heterocycles. The average molecular weight is 327 g/mol. The number of nitrogens with zero attached hydrogens (tertiary/aromatic N) is 2. The van der Waals surface area contributed by atoms with Gasteiger partial charge in [-0.25, -0.2) is 0 Å². The predicted octanol–water partition coefficient (Wildman–Crippen LogP) is 2.71. The zero-order chi connectivity index (χ0) is 17.4. The van der Waals surface area contributed by atoms with Gasteiger partial charge in [-0.15, -0.1) is 0 Å². The van der Waals surface area contributed by atoms with Crippen LogP contribution in [-0.4, -0.2) is 26.8 Å². The maximum atomic E-state index is 9.09. The van der Waals surface area contributed by atoms with Gasteiger partial charge in [-0.05, 0) is 54.1 Å². The molecule has 0 fully saturated rings. The second kappa shape index (κ2) is 8.35. The summed E-state index contributed by atoms with van der Waals surface area (Å²) in [5.41, 5.74) is 7.76. The summed E-state index contributed by atoms with van der Waals surface area (Å²) in [5, 5.41) is 32.7. The molecular weight excluding hydrogens is 310 g/mol. The van der Waals surface area contributed by atoms with Crippen molar-refractivity contribution in [1.29, 1.82) is 0 Å². The van der Waals surface area contributed by atoms with Crippen LogP contribution < -0.4 is 5.73 Å². The van der Waals surface area contributed by atoms with Gasteiger partial charge in [0.15, 0.2) is 5.76 Å². The van der Waals surface area contributed by atoms with Gasteiger partial charge in [-0.2, -0.15) is 0 Å². The van der Waals surface area contributed by atoms with Crippen molar-refractivity contribution in [3.8, 4) is 22.8 Å². The van der Waals surface area contributed by atoms with Gasteiger partial charge in [0.1, 0.15) is 17.2 Å². The molecule has 124 valence electrons. The second-order valence-corrected chi connectivity index (χ2v) is 4.77. The number of oxime groups is 1. The van der Waals surface area contributed by atoms with E-state index < -0.39 is 0 Å².